The van der Waals surface area contributed by atoms with Gasteiger partial charge in [0.1, 0.15) is 24.2 Å². The Morgan fingerprint density at radius 1 is 0.783 bits per heavy atom. The molecule has 4 heterocycles. The maximum Gasteiger partial charge on any atom is 0.259 e. The molecular formula is C49H66N10O9S. The number of thioether (sulfide) groups is 1. The average molecular weight is 971 g/mol. The zero-order valence-corrected chi connectivity index (χ0v) is 40.3. The predicted octanol–water partition coefficient (Wildman–Crippen LogP) is 1.93. The van der Waals surface area contributed by atoms with E-state index in [0.717, 1.165) is 21.8 Å². The number of fused-ring (bicyclic) bond motifs is 2. The lowest BCUT2D eigenvalue weighted by atomic mass is 9.95. The standard InChI is InChI=1S/C49H66N10O9S/c1-31(60)54-39(49(66)59-21-11-18-41(59)46(63)56-38(16-8-10-20-51)45(62)55-37(44(61)52-2)15-7-9-19-50)30-69-27-26-68-25-24-67-23-22-58-29-35(33-13-4-6-17-40(33)58)43-42(47(64)57-48(43)65)34-28-53-36-14-5-3-12-32(34)36/h3-6,12-14,17,28-29,37-39,41,53H,7-11,15-16,18-27,30,50-51H2,1-2H3,(H,52,61)(H,54,60)(H,55,62)(H,56,63)(H,57,64,65)/t37-,38-,39-,41-/m0/s1. The first kappa shape index (κ1) is 52.3. The van der Waals surface area contributed by atoms with Crippen molar-refractivity contribution in [2.75, 3.05) is 64.6 Å². The number of likely N-dealkylation sites (N-methyl/N-ethyl adjacent to an activating group) is 1. The number of nitrogens with zero attached hydrogens (tertiary/aromatic N) is 2. The van der Waals surface area contributed by atoms with Gasteiger partial charge in [0.25, 0.3) is 11.8 Å². The Hall–Kier alpha value is -6.06. The molecule has 0 radical (unpaired) electrons. The summed E-state index contributed by atoms with van der Waals surface area (Å²) in [6.07, 6.45) is 7.82. The number of H-pyrrole nitrogens is 1. The van der Waals surface area contributed by atoms with Crippen molar-refractivity contribution in [1.29, 1.82) is 0 Å². The van der Waals surface area contributed by atoms with Crippen molar-refractivity contribution < 1.29 is 43.0 Å². The number of aromatic amines is 1. The smallest absolute Gasteiger partial charge is 0.259 e. The Labute approximate surface area is 405 Å². The summed E-state index contributed by atoms with van der Waals surface area (Å²) >= 11 is 1.43. The molecule has 0 unspecified atom stereocenters. The minimum absolute atomic E-state index is 0.251. The van der Waals surface area contributed by atoms with Gasteiger partial charge in [-0.2, -0.15) is 11.8 Å². The topological polar surface area (TPSA) is 274 Å². The number of benzene rings is 2. The second-order valence-electron chi connectivity index (χ2n) is 17.1. The maximum atomic E-state index is 13.9. The van der Waals surface area contributed by atoms with Crippen LogP contribution in [0, 0.1) is 0 Å². The van der Waals surface area contributed by atoms with Gasteiger partial charge in [-0.1, -0.05) is 36.4 Å². The summed E-state index contributed by atoms with van der Waals surface area (Å²) in [4.78, 5) is 97.3. The average Bonchev–Trinajstić information content (AvgIpc) is 4.15. The fourth-order valence-corrected chi connectivity index (χ4v) is 9.71. The van der Waals surface area contributed by atoms with Crippen LogP contribution in [0.25, 0.3) is 33.0 Å². The van der Waals surface area contributed by atoms with E-state index >= 15 is 0 Å². The van der Waals surface area contributed by atoms with Gasteiger partial charge >= 0.3 is 0 Å². The molecule has 0 bridgehead atoms. The second kappa shape index (κ2) is 26.1. The number of hydrogen-bond acceptors (Lipinski definition) is 12. The van der Waals surface area contributed by atoms with Crippen LogP contribution in [-0.2, 0) is 49.6 Å². The molecule has 69 heavy (non-hydrogen) atoms. The molecule has 4 atom stereocenters. The molecule has 0 spiro atoms. The third-order valence-corrected chi connectivity index (χ3v) is 13.3. The lowest BCUT2D eigenvalue weighted by Crippen LogP contribution is -2.58. The van der Waals surface area contributed by atoms with Crippen molar-refractivity contribution >= 4 is 86.1 Å². The quantitative estimate of drug-likeness (QED) is 0.0300. The van der Waals surface area contributed by atoms with Crippen LogP contribution < -0.4 is 38.1 Å². The van der Waals surface area contributed by atoms with E-state index < -0.39 is 47.8 Å². The number of nitrogens with two attached hydrogens (primary N) is 2. The van der Waals surface area contributed by atoms with E-state index in [2.05, 4.69) is 31.6 Å². The zero-order valence-electron chi connectivity index (χ0n) is 39.4. The van der Waals surface area contributed by atoms with Crippen LogP contribution in [-0.4, -0.2) is 145 Å². The van der Waals surface area contributed by atoms with Crippen molar-refractivity contribution in [3.05, 3.63) is 72.1 Å². The number of hydrogen-bond donors (Lipinski definition) is 8. The van der Waals surface area contributed by atoms with Gasteiger partial charge in [0.15, 0.2) is 0 Å². The molecule has 2 aliphatic rings. The van der Waals surface area contributed by atoms with Gasteiger partial charge in [0, 0.05) is 83.9 Å². The highest BCUT2D eigenvalue weighted by atomic mass is 32.2. The lowest BCUT2D eigenvalue weighted by molar-refractivity contribution is -0.141. The van der Waals surface area contributed by atoms with Gasteiger partial charge in [-0.15, -0.1) is 0 Å². The van der Waals surface area contributed by atoms with E-state index in [0.29, 0.717) is 132 Å². The Balaban J connectivity index is 0.965. The van der Waals surface area contributed by atoms with Crippen LogP contribution in [0.5, 0.6) is 0 Å². The predicted molar refractivity (Wildman–Crippen MR) is 265 cm³/mol. The Bertz CT molecular complexity index is 2490. The van der Waals surface area contributed by atoms with E-state index in [-0.39, 0.29) is 23.5 Å². The first-order valence-corrected chi connectivity index (χ1v) is 24.9. The molecule has 20 heteroatoms. The van der Waals surface area contributed by atoms with E-state index in [9.17, 15) is 33.6 Å². The number of para-hydroxylation sites is 2. The fraction of sp³-hybridized carbons (Fsp3) is 0.490. The van der Waals surface area contributed by atoms with Gasteiger partial charge in [-0.05, 0) is 76.6 Å². The number of unbranched alkanes of at least 4 members (excludes halogenated alkanes) is 2. The molecule has 1 saturated heterocycles. The summed E-state index contributed by atoms with van der Waals surface area (Å²) in [5.74, 6) is -2.19. The van der Waals surface area contributed by atoms with Gasteiger partial charge in [-0.3, -0.25) is 38.9 Å². The molecule has 2 aromatic carbocycles. The molecular weight excluding hydrogens is 905 g/mol. The molecule has 7 amide bonds. The minimum atomic E-state index is -0.950. The molecule has 4 aromatic rings. The number of carbonyl (C=O) groups is 7. The Morgan fingerprint density at radius 2 is 1.43 bits per heavy atom. The summed E-state index contributed by atoms with van der Waals surface area (Å²) in [7, 11) is 1.49. The van der Waals surface area contributed by atoms with Crippen LogP contribution in [0.15, 0.2) is 60.9 Å². The van der Waals surface area contributed by atoms with E-state index in [1.54, 1.807) is 6.20 Å². The number of rotatable bonds is 28. The summed E-state index contributed by atoms with van der Waals surface area (Å²) in [5, 5.41) is 15.2. The second-order valence-corrected chi connectivity index (χ2v) is 18.2. The minimum Gasteiger partial charge on any atom is -0.378 e. The Kier molecular flexibility index (Phi) is 19.8. The van der Waals surface area contributed by atoms with Crippen molar-refractivity contribution in [1.82, 2.24) is 41.0 Å². The largest absolute Gasteiger partial charge is 0.378 e. The lowest BCUT2D eigenvalue weighted by Gasteiger charge is -2.30. The maximum absolute atomic E-state index is 13.9. The number of nitrogens with one attached hydrogen (secondary N) is 6. The molecule has 19 nitrogen and oxygen atoms in total. The van der Waals surface area contributed by atoms with Gasteiger partial charge in [-0.25, -0.2) is 0 Å². The molecule has 0 saturated carbocycles. The number of carbonyl (C=O) groups excluding carboxylic acids is 7. The summed E-state index contributed by atoms with van der Waals surface area (Å²) in [6, 6.07) is 11.9. The van der Waals surface area contributed by atoms with E-state index in [1.807, 2.05) is 59.3 Å². The van der Waals surface area contributed by atoms with E-state index in [4.69, 9.17) is 20.9 Å². The number of amides is 7. The molecule has 2 aromatic heterocycles. The Morgan fingerprint density at radius 3 is 2.13 bits per heavy atom. The molecule has 1 fully saturated rings. The summed E-state index contributed by atoms with van der Waals surface area (Å²) < 4.78 is 13.8. The number of likely N-dealkylation sites (tertiary alicyclic amines) is 1. The number of aromatic nitrogens is 2. The van der Waals surface area contributed by atoms with Crippen LogP contribution in [0.4, 0.5) is 0 Å². The van der Waals surface area contributed by atoms with Gasteiger partial charge < -0.3 is 56.7 Å². The molecule has 372 valence electrons. The number of ether oxygens (including phenoxy) is 2. The molecule has 6 rings (SSSR count). The summed E-state index contributed by atoms with van der Waals surface area (Å²) in [5.41, 5.74) is 15.1. The third-order valence-electron chi connectivity index (χ3n) is 12.3. The van der Waals surface area contributed by atoms with Gasteiger partial charge in [0.05, 0.1) is 37.6 Å². The first-order valence-electron chi connectivity index (χ1n) is 23.7. The van der Waals surface area contributed by atoms with Crippen molar-refractivity contribution in [2.45, 2.75) is 89.0 Å². The monoisotopic (exact) mass is 970 g/mol. The fourth-order valence-electron chi connectivity index (χ4n) is 8.84. The molecule has 2 aliphatic heterocycles. The zero-order chi connectivity index (χ0) is 49.3. The SMILES string of the molecule is CNC(=O)[C@H](CCCCN)NC(=O)[C@H](CCCCN)NC(=O)[C@@H]1CCCN1C(=O)[C@H](CSCCOCCOCCn1cc(C2=C(c3c[nH]c4ccccc34)C(=O)NC2=O)c2ccccc21)NC(C)=O. The molecule has 0 aliphatic carbocycles. The highest BCUT2D eigenvalue weighted by Crippen LogP contribution is 2.38. The van der Waals surface area contributed by atoms with Crippen LogP contribution in [0.2, 0.25) is 0 Å². The molecule has 10 N–H and O–H groups in total. The normalized spacial score (nSPS) is 16.2. The van der Waals surface area contributed by atoms with Crippen molar-refractivity contribution in [2.24, 2.45) is 11.5 Å². The van der Waals surface area contributed by atoms with E-state index in [1.165, 1.54) is 30.6 Å². The van der Waals surface area contributed by atoms with Crippen LogP contribution >= 0.6 is 11.8 Å². The third kappa shape index (κ3) is 13.6. The first-order chi connectivity index (χ1) is 33.5. The summed E-state index contributed by atoms with van der Waals surface area (Å²) in [6.45, 7) is 4.39. The van der Waals surface area contributed by atoms with Gasteiger partial charge in [0.2, 0.25) is 29.5 Å². The van der Waals surface area contributed by atoms with Crippen molar-refractivity contribution in [3.63, 3.8) is 0 Å². The van der Waals surface area contributed by atoms with Crippen LogP contribution in [0.3, 0.4) is 0 Å². The number of imide groups is 1. The highest BCUT2D eigenvalue weighted by molar-refractivity contribution is 7.99. The van der Waals surface area contributed by atoms with Crippen LogP contribution in [0.1, 0.15) is 69.4 Å². The highest BCUT2D eigenvalue weighted by Gasteiger charge is 2.39. The van der Waals surface area contributed by atoms with Crippen molar-refractivity contribution in [3.8, 4) is 0 Å².